The molecule has 29 heavy (non-hydrogen) atoms. The lowest BCUT2D eigenvalue weighted by Crippen LogP contribution is -2.25. The maximum atomic E-state index is 2.50. The van der Waals surface area contributed by atoms with Crippen molar-refractivity contribution in [3.05, 3.63) is 47.5 Å². The summed E-state index contributed by atoms with van der Waals surface area (Å²) in [5.41, 5.74) is 3.11. The van der Waals surface area contributed by atoms with Crippen LogP contribution in [0.4, 0.5) is 0 Å². The zero-order chi connectivity index (χ0) is 20.1. The predicted octanol–water partition coefficient (Wildman–Crippen LogP) is 9.06. The minimum absolute atomic E-state index is 0.798. The fourth-order valence-electron chi connectivity index (χ4n) is 6.29. The van der Waals surface area contributed by atoms with Crippen LogP contribution in [0, 0.1) is 17.8 Å². The molecule has 0 amide bonds. The van der Waals surface area contributed by atoms with Crippen LogP contribution in [-0.2, 0) is 6.42 Å². The van der Waals surface area contributed by atoms with Crippen LogP contribution in [0.25, 0.3) is 10.8 Å². The Morgan fingerprint density at radius 3 is 2.03 bits per heavy atom. The van der Waals surface area contributed by atoms with Crippen LogP contribution in [0.2, 0.25) is 0 Å². The summed E-state index contributed by atoms with van der Waals surface area (Å²) in [6, 6.07) is 14.5. The zero-order valence-electron chi connectivity index (χ0n) is 19.0. The first-order valence-electron chi connectivity index (χ1n) is 12.8. The molecule has 0 aliphatic heterocycles. The van der Waals surface area contributed by atoms with Crippen LogP contribution in [0.3, 0.4) is 0 Å². The third-order valence-corrected chi connectivity index (χ3v) is 8.38. The molecular formula is C29H42. The van der Waals surface area contributed by atoms with Crippen LogP contribution >= 0.6 is 0 Å². The summed E-state index contributed by atoms with van der Waals surface area (Å²) in [7, 11) is 0. The average Bonchev–Trinajstić information content (AvgIpc) is 2.79. The molecule has 0 radical (unpaired) electrons. The molecule has 0 nitrogen and oxygen atoms in total. The highest BCUT2D eigenvalue weighted by Crippen LogP contribution is 2.44. The number of benzene rings is 2. The molecule has 2 aromatic rings. The van der Waals surface area contributed by atoms with E-state index in [1.54, 1.807) is 5.56 Å². The van der Waals surface area contributed by atoms with Gasteiger partial charge in [0.05, 0.1) is 0 Å². The summed E-state index contributed by atoms with van der Waals surface area (Å²) < 4.78 is 0. The zero-order valence-corrected chi connectivity index (χ0v) is 19.0. The third-order valence-electron chi connectivity index (χ3n) is 8.38. The van der Waals surface area contributed by atoms with Gasteiger partial charge in [-0.3, -0.25) is 0 Å². The van der Waals surface area contributed by atoms with E-state index in [4.69, 9.17) is 0 Å². The van der Waals surface area contributed by atoms with Crippen molar-refractivity contribution in [2.24, 2.45) is 17.8 Å². The van der Waals surface area contributed by atoms with Crippen molar-refractivity contribution in [2.45, 2.75) is 103 Å². The van der Waals surface area contributed by atoms with Gasteiger partial charge < -0.3 is 0 Å². The Bertz CT molecular complexity index is 757. The first-order valence-corrected chi connectivity index (χ1v) is 12.8. The lowest BCUT2D eigenvalue weighted by molar-refractivity contribution is 0.158. The summed E-state index contributed by atoms with van der Waals surface area (Å²) >= 11 is 0. The highest BCUT2D eigenvalue weighted by molar-refractivity contribution is 5.84. The standard InChI is InChI=1S/C29H42/c1-3-5-6-7-23-10-13-29-21-28(19-18-27(29)20-23)26-16-14-25(15-17-26)24-11-8-22(4-2)9-12-24/h10,13,18-22,24-26H,3-9,11-12,14-17H2,1-2H3. The van der Waals surface area contributed by atoms with Gasteiger partial charge in [-0.1, -0.05) is 82.3 Å². The van der Waals surface area contributed by atoms with E-state index in [9.17, 15) is 0 Å². The van der Waals surface area contributed by atoms with Gasteiger partial charge in [-0.05, 0) is 96.9 Å². The molecule has 0 unspecified atom stereocenters. The SMILES string of the molecule is CCCCCc1ccc2cc(C3CCC(C4CCC(CC)CC4)CC3)ccc2c1. The van der Waals surface area contributed by atoms with Gasteiger partial charge in [-0.2, -0.15) is 0 Å². The molecule has 0 atom stereocenters. The quantitative estimate of drug-likeness (QED) is 0.413. The third kappa shape index (κ3) is 5.25. The smallest absolute Gasteiger partial charge is 0.0162 e. The largest absolute Gasteiger partial charge is 0.0654 e. The maximum absolute atomic E-state index is 2.50. The van der Waals surface area contributed by atoms with Gasteiger partial charge in [-0.25, -0.2) is 0 Å². The van der Waals surface area contributed by atoms with Crippen LogP contribution < -0.4 is 0 Å². The first kappa shape index (κ1) is 21.0. The van der Waals surface area contributed by atoms with E-state index in [-0.39, 0.29) is 0 Å². The van der Waals surface area contributed by atoms with Crippen LogP contribution in [0.15, 0.2) is 36.4 Å². The molecule has 0 spiro atoms. The maximum Gasteiger partial charge on any atom is -0.0162 e. The minimum atomic E-state index is 0.798. The van der Waals surface area contributed by atoms with Gasteiger partial charge >= 0.3 is 0 Å². The molecule has 0 heteroatoms. The van der Waals surface area contributed by atoms with Crippen molar-refractivity contribution in [1.29, 1.82) is 0 Å². The Kier molecular flexibility index (Phi) is 7.33. The fraction of sp³-hybridized carbons (Fsp3) is 0.655. The Labute approximate surface area is 179 Å². The number of fused-ring (bicyclic) bond motifs is 1. The van der Waals surface area contributed by atoms with Crippen molar-refractivity contribution >= 4 is 10.8 Å². The molecule has 158 valence electrons. The van der Waals surface area contributed by atoms with Crippen molar-refractivity contribution in [2.75, 3.05) is 0 Å². The van der Waals surface area contributed by atoms with Crippen molar-refractivity contribution < 1.29 is 0 Å². The molecule has 2 aliphatic carbocycles. The number of rotatable bonds is 7. The van der Waals surface area contributed by atoms with Gasteiger partial charge in [0.15, 0.2) is 0 Å². The van der Waals surface area contributed by atoms with Gasteiger partial charge in [0.25, 0.3) is 0 Å². The van der Waals surface area contributed by atoms with E-state index < -0.39 is 0 Å². The minimum Gasteiger partial charge on any atom is -0.0654 e. The lowest BCUT2D eigenvalue weighted by atomic mass is 9.68. The van der Waals surface area contributed by atoms with E-state index in [1.165, 1.54) is 99.8 Å². The predicted molar refractivity (Wildman–Crippen MR) is 128 cm³/mol. The number of unbranched alkanes of at least 4 members (excludes halogenated alkanes) is 2. The van der Waals surface area contributed by atoms with Gasteiger partial charge in [0, 0.05) is 0 Å². The Balaban J connectivity index is 1.34. The molecule has 0 bridgehead atoms. The Morgan fingerprint density at radius 1 is 0.690 bits per heavy atom. The lowest BCUT2D eigenvalue weighted by Gasteiger charge is -2.38. The normalized spacial score (nSPS) is 27.9. The fourth-order valence-corrected chi connectivity index (χ4v) is 6.29. The second-order valence-electron chi connectivity index (χ2n) is 10.2. The Morgan fingerprint density at radius 2 is 1.34 bits per heavy atom. The first-order chi connectivity index (χ1) is 14.3. The van der Waals surface area contributed by atoms with E-state index in [0.717, 1.165) is 23.7 Å². The molecule has 4 rings (SSSR count). The molecule has 0 saturated heterocycles. The van der Waals surface area contributed by atoms with Crippen molar-refractivity contribution in [3.8, 4) is 0 Å². The second kappa shape index (κ2) is 10.1. The highest BCUT2D eigenvalue weighted by atomic mass is 14.4. The summed E-state index contributed by atoms with van der Waals surface area (Å²) in [5, 5.41) is 2.88. The summed E-state index contributed by atoms with van der Waals surface area (Å²) in [4.78, 5) is 0. The van der Waals surface area contributed by atoms with E-state index in [1.807, 2.05) is 0 Å². The van der Waals surface area contributed by atoms with Crippen LogP contribution in [0.5, 0.6) is 0 Å². The number of aryl methyl sites for hydroxylation is 1. The Hall–Kier alpha value is -1.30. The number of hydrogen-bond donors (Lipinski definition) is 0. The molecule has 2 aliphatic rings. The van der Waals surface area contributed by atoms with Crippen molar-refractivity contribution in [1.82, 2.24) is 0 Å². The molecule has 2 aromatic carbocycles. The van der Waals surface area contributed by atoms with Crippen LogP contribution in [-0.4, -0.2) is 0 Å². The molecule has 2 saturated carbocycles. The van der Waals surface area contributed by atoms with E-state index >= 15 is 0 Å². The van der Waals surface area contributed by atoms with E-state index in [2.05, 4.69) is 50.2 Å². The molecule has 0 aromatic heterocycles. The van der Waals surface area contributed by atoms with Gasteiger partial charge in [0.2, 0.25) is 0 Å². The summed E-state index contributed by atoms with van der Waals surface area (Å²) in [6.07, 6.45) is 18.4. The van der Waals surface area contributed by atoms with Gasteiger partial charge in [0.1, 0.15) is 0 Å². The second-order valence-corrected chi connectivity index (χ2v) is 10.2. The molecule has 2 fully saturated rings. The summed E-state index contributed by atoms with van der Waals surface area (Å²) in [5.74, 6) is 3.90. The van der Waals surface area contributed by atoms with E-state index in [0.29, 0.717) is 0 Å². The van der Waals surface area contributed by atoms with Crippen LogP contribution in [0.1, 0.15) is 108 Å². The molecule has 0 heterocycles. The average molecular weight is 391 g/mol. The molecular weight excluding hydrogens is 348 g/mol. The summed E-state index contributed by atoms with van der Waals surface area (Å²) in [6.45, 7) is 4.67. The monoisotopic (exact) mass is 390 g/mol. The van der Waals surface area contributed by atoms with Crippen molar-refractivity contribution in [3.63, 3.8) is 0 Å². The molecule has 0 N–H and O–H groups in total. The number of hydrogen-bond acceptors (Lipinski definition) is 0. The highest BCUT2D eigenvalue weighted by Gasteiger charge is 2.30. The topological polar surface area (TPSA) is 0 Å². The van der Waals surface area contributed by atoms with Gasteiger partial charge in [-0.15, -0.1) is 0 Å².